The van der Waals surface area contributed by atoms with Crippen LogP contribution in [0.3, 0.4) is 0 Å². The van der Waals surface area contributed by atoms with Crippen molar-refractivity contribution in [2.24, 2.45) is 0 Å². The van der Waals surface area contributed by atoms with Gasteiger partial charge in [0.15, 0.2) is 5.11 Å². The molecule has 1 aliphatic rings. The van der Waals surface area contributed by atoms with Gasteiger partial charge in [0.05, 0.1) is 22.8 Å². The van der Waals surface area contributed by atoms with E-state index in [1.807, 2.05) is 48.8 Å². The molecule has 132 valence electrons. The molecule has 0 amide bonds. The van der Waals surface area contributed by atoms with Gasteiger partial charge >= 0.3 is 0 Å². The number of aromatic nitrogens is 3. The molecule has 0 spiro atoms. The second-order valence-corrected chi connectivity index (χ2v) is 6.87. The standard InChI is InChI=1S/C19H18ClN5S/c1-2-24-18(17(23-19(24)26)14-6-3-4-10-21-14)15-7-5-11-25(15)16-9-8-13(20)12-22-16/h3-12,17-18H,2H2,1H3,(H,23,26)/t17-,18-/m0/s1. The molecule has 2 atom stereocenters. The topological polar surface area (TPSA) is 46.0 Å². The summed E-state index contributed by atoms with van der Waals surface area (Å²) < 4.78 is 2.08. The molecule has 7 heteroatoms. The van der Waals surface area contributed by atoms with Crippen LogP contribution >= 0.6 is 23.8 Å². The number of hydrogen-bond donors (Lipinski definition) is 1. The summed E-state index contributed by atoms with van der Waals surface area (Å²) >= 11 is 11.6. The van der Waals surface area contributed by atoms with Crippen molar-refractivity contribution in [3.8, 4) is 5.82 Å². The van der Waals surface area contributed by atoms with Gasteiger partial charge in [0.2, 0.25) is 0 Å². The lowest BCUT2D eigenvalue weighted by atomic mass is 10.0. The number of pyridine rings is 2. The van der Waals surface area contributed by atoms with Crippen molar-refractivity contribution in [1.29, 1.82) is 0 Å². The lowest BCUT2D eigenvalue weighted by Gasteiger charge is -2.27. The highest BCUT2D eigenvalue weighted by molar-refractivity contribution is 7.80. The van der Waals surface area contributed by atoms with Crippen molar-refractivity contribution in [1.82, 2.24) is 24.8 Å². The summed E-state index contributed by atoms with van der Waals surface area (Å²) in [4.78, 5) is 11.2. The second kappa shape index (κ2) is 7.05. The van der Waals surface area contributed by atoms with Crippen LogP contribution in [-0.4, -0.2) is 31.1 Å². The minimum atomic E-state index is -0.0235. The van der Waals surface area contributed by atoms with Crippen LogP contribution in [0.1, 0.15) is 30.4 Å². The molecule has 3 aromatic heterocycles. The predicted octanol–water partition coefficient (Wildman–Crippen LogP) is 3.91. The molecular weight excluding hydrogens is 366 g/mol. The first kappa shape index (κ1) is 17.0. The number of thiocarbonyl (C=S) groups is 1. The van der Waals surface area contributed by atoms with E-state index in [-0.39, 0.29) is 12.1 Å². The zero-order chi connectivity index (χ0) is 18.1. The number of likely N-dealkylation sites (N-methyl/N-ethyl adjacent to an activating group) is 1. The highest BCUT2D eigenvalue weighted by Gasteiger charge is 2.40. The van der Waals surface area contributed by atoms with Crippen LogP contribution in [0.2, 0.25) is 5.02 Å². The van der Waals surface area contributed by atoms with Gasteiger partial charge < -0.3 is 14.8 Å². The van der Waals surface area contributed by atoms with Crippen molar-refractivity contribution in [3.05, 3.63) is 77.5 Å². The van der Waals surface area contributed by atoms with Gasteiger partial charge in [-0.15, -0.1) is 0 Å². The number of nitrogens with one attached hydrogen (secondary N) is 1. The lowest BCUT2D eigenvalue weighted by molar-refractivity contribution is 0.321. The fourth-order valence-electron chi connectivity index (χ4n) is 3.42. The van der Waals surface area contributed by atoms with E-state index >= 15 is 0 Å². The van der Waals surface area contributed by atoms with E-state index in [2.05, 4.69) is 37.7 Å². The fourth-order valence-corrected chi connectivity index (χ4v) is 3.90. The largest absolute Gasteiger partial charge is 0.352 e. The summed E-state index contributed by atoms with van der Waals surface area (Å²) in [6.45, 7) is 2.91. The van der Waals surface area contributed by atoms with E-state index in [1.54, 1.807) is 6.20 Å². The summed E-state index contributed by atoms with van der Waals surface area (Å²) in [5.74, 6) is 0.822. The minimum Gasteiger partial charge on any atom is -0.352 e. The van der Waals surface area contributed by atoms with E-state index in [4.69, 9.17) is 23.8 Å². The number of hydrogen-bond acceptors (Lipinski definition) is 3. The Hall–Kier alpha value is -2.44. The highest BCUT2D eigenvalue weighted by Crippen LogP contribution is 2.39. The fraction of sp³-hybridized carbons (Fsp3) is 0.211. The summed E-state index contributed by atoms with van der Waals surface area (Å²) in [5, 5.41) is 4.80. The van der Waals surface area contributed by atoms with Gasteiger partial charge in [-0.3, -0.25) is 4.98 Å². The minimum absolute atomic E-state index is 0.0230. The molecule has 0 aromatic carbocycles. The van der Waals surface area contributed by atoms with E-state index in [0.717, 1.165) is 28.9 Å². The highest BCUT2D eigenvalue weighted by atomic mass is 35.5. The van der Waals surface area contributed by atoms with E-state index in [9.17, 15) is 0 Å². The molecule has 1 N–H and O–H groups in total. The molecule has 3 aromatic rings. The Morgan fingerprint density at radius 3 is 2.73 bits per heavy atom. The Kier molecular flexibility index (Phi) is 4.61. The molecular formula is C19H18ClN5S. The summed E-state index contributed by atoms with van der Waals surface area (Å²) in [7, 11) is 0. The third-order valence-corrected chi connectivity index (χ3v) is 5.16. The van der Waals surface area contributed by atoms with Crippen molar-refractivity contribution in [2.75, 3.05) is 6.54 Å². The molecule has 0 radical (unpaired) electrons. The van der Waals surface area contributed by atoms with Crippen molar-refractivity contribution in [2.45, 2.75) is 19.0 Å². The Morgan fingerprint density at radius 1 is 1.15 bits per heavy atom. The first-order valence-corrected chi connectivity index (χ1v) is 9.25. The van der Waals surface area contributed by atoms with Gasteiger partial charge in [-0.2, -0.15) is 0 Å². The average Bonchev–Trinajstić information content (AvgIpc) is 3.27. The quantitative estimate of drug-likeness (QED) is 0.692. The van der Waals surface area contributed by atoms with Crippen molar-refractivity contribution >= 4 is 28.9 Å². The first-order valence-electron chi connectivity index (χ1n) is 8.46. The smallest absolute Gasteiger partial charge is 0.170 e. The van der Waals surface area contributed by atoms with Gasteiger partial charge in [0.25, 0.3) is 0 Å². The molecule has 4 rings (SSSR count). The van der Waals surface area contributed by atoms with Gasteiger partial charge in [-0.25, -0.2) is 4.98 Å². The third kappa shape index (κ3) is 2.95. The molecule has 1 aliphatic heterocycles. The molecule has 0 unspecified atom stereocenters. The number of nitrogens with zero attached hydrogens (tertiary/aromatic N) is 4. The number of rotatable bonds is 4. The normalized spacial score (nSPS) is 19.6. The molecule has 0 saturated carbocycles. The molecule has 0 bridgehead atoms. The SMILES string of the molecule is CCN1C(=S)N[C@@H](c2ccccn2)[C@@H]1c1cccn1-c1ccc(Cl)cn1. The maximum absolute atomic E-state index is 5.99. The molecule has 0 aliphatic carbocycles. The molecule has 26 heavy (non-hydrogen) atoms. The van der Waals surface area contributed by atoms with Crippen LogP contribution in [-0.2, 0) is 0 Å². The molecule has 1 saturated heterocycles. The van der Waals surface area contributed by atoms with Crippen LogP contribution in [0.5, 0.6) is 0 Å². The van der Waals surface area contributed by atoms with Crippen LogP contribution in [0.25, 0.3) is 5.82 Å². The average molecular weight is 384 g/mol. The third-order valence-electron chi connectivity index (χ3n) is 4.58. The monoisotopic (exact) mass is 383 g/mol. The Balaban J connectivity index is 1.80. The van der Waals surface area contributed by atoms with Crippen molar-refractivity contribution in [3.63, 3.8) is 0 Å². The molecule has 1 fully saturated rings. The summed E-state index contributed by atoms with van der Waals surface area (Å²) in [6.07, 6.45) is 5.48. The Labute approximate surface area is 162 Å². The van der Waals surface area contributed by atoms with Crippen LogP contribution in [0.15, 0.2) is 61.1 Å². The maximum atomic E-state index is 5.99. The Bertz CT molecular complexity index is 909. The predicted molar refractivity (Wildman–Crippen MR) is 106 cm³/mol. The van der Waals surface area contributed by atoms with Crippen LogP contribution in [0, 0.1) is 0 Å². The van der Waals surface area contributed by atoms with Crippen LogP contribution < -0.4 is 5.32 Å². The molecule has 4 heterocycles. The van der Waals surface area contributed by atoms with Gasteiger partial charge in [0.1, 0.15) is 5.82 Å². The first-order chi connectivity index (χ1) is 12.7. The lowest BCUT2D eigenvalue weighted by Crippen LogP contribution is -2.30. The summed E-state index contributed by atoms with van der Waals surface area (Å²) in [5.41, 5.74) is 2.07. The Morgan fingerprint density at radius 2 is 2.04 bits per heavy atom. The molecule has 5 nitrogen and oxygen atoms in total. The van der Waals surface area contributed by atoms with Gasteiger partial charge in [0, 0.05) is 30.8 Å². The van der Waals surface area contributed by atoms with Crippen LogP contribution in [0.4, 0.5) is 0 Å². The van der Waals surface area contributed by atoms with E-state index in [1.165, 1.54) is 0 Å². The maximum Gasteiger partial charge on any atom is 0.170 e. The zero-order valence-electron chi connectivity index (χ0n) is 14.2. The summed E-state index contributed by atoms with van der Waals surface area (Å²) in [6, 6.07) is 13.8. The van der Waals surface area contributed by atoms with Crippen molar-refractivity contribution < 1.29 is 0 Å². The zero-order valence-corrected chi connectivity index (χ0v) is 15.8. The second-order valence-electron chi connectivity index (χ2n) is 6.05. The van der Waals surface area contributed by atoms with E-state index in [0.29, 0.717) is 5.02 Å². The van der Waals surface area contributed by atoms with Gasteiger partial charge in [-0.05, 0) is 55.5 Å². The van der Waals surface area contributed by atoms with Gasteiger partial charge in [-0.1, -0.05) is 17.7 Å². The van der Waals surface area contributed by atoms with E-state index < -0.39 is 0 Å². The number of halogens is 1.